The molecule has 0 aliphatic heterocycles. The number of carboxylic acids is 1. The SMILES string of the molecule is O=C(O)[C@@H]1CC=C[C@@H](NS(=O)(=O)c2ccoc2Cl)C1. The Morgan fingerprint density at radius 2 is 2.26 bits per heavy atom. The average molecular weight is 306 g/mol. The lowest BCUT2D eigenvalue weighted by Gasteiger charge is -2.22. The van der Waals surface area contributed by atoms with Crippen LogP contribution in [0, 0.1) is 5.92 Å². The summed E-state index contributed by atoms with van der Waals surface area (Å²) in [7, 11) is -3.82. The van der Waals surface area contributed by atoms with Crippen molar-refractivity contribution in [2.75, 3.05) is 0 Å². The van der Waals surface area contributed by atoms with E-state index in [0.717, 1.165) is 0 Å². The Balaban J connectivity index is 2.13. The standard InChI is InChI=1S/C11H12ClNO5S/c12-10-9(4-5-18-10)19(16,17)13-8-3-1-2-7(6-8)11(14)15/h1,3-5,7-8,13H,2,6H2,(H,14,15)/t7-,8-/m1/s1. The number of carbonyl (C=O) groups is 1. The smallest absolute Gasteiger partial charge is 0.306 e. The Bertz CT molecular complexity index is 606. The normalized spacial score (nSPS) is 23.4. The average Bonchev–Trinajstić information content (AvgIpc) is 2.76. The third-order valence-electron chi connectivity index (χ3n) is 2.86. The number of allylic oxidation sites excluding steroid dienone is 1. The first-order chi connectivity index (χ1) is 8.90. The van der Waals surface area contributed by atoms with Gasteiger partial charge in [-0.2, -0.15) is 0 Å². The second-order valence-electron chi connectivity index (χ2n) is 4.22. The molecule has 0 amide bonds. The Morgan fingerprint density at radius 3 is 2.84 bits per heavy atom. The summed E-state index contributed by atoms with van der Waals surface area (Å²) < 4.78 is 31.2. The van der Waals surface area contributed by atoms with Gasteiger partial charge in [-0.05, 0) is 30.5 Å². The number of halogens is 1. The van der Waals surface area contributed by atoms with Crippen LogP contribution in [0.15, 0.2) is 33.8 Å². The summed E-state index contributed by atoms with van der Waals surface area (Å²) in [4.78, 5) is 10.7. The molecular weight excluding hydrogens is 294 g/mol. The maximum absolute atomic E-state index is 12.0. The zero-order valence-corrected chi connectivity index (χ0v) is 11.3. The predicted molar refractivity (Wildman–Crippen MR) is 67.3 cm³/mol. The van der Waals surface area contributed by atoms with Gasteiger partial charge in [0, 0.05) is 6.04 Å². The molecule has 0 aromatic carbocycles. The van der Waals surface area contributed by atoms with Crippen LogP contribution in [0.4, 0.5) is 0 Å². The van der Waals surface area contributed by atoms with Crippen molar-refractivity contribution in [2.24, 2.45) is 5.92 Å². The van der Waals surface area contributed by atoms with Crippen molar-refractivity contribution in [3.63, 3.8) is 0 Å². The molecule has 0 fully saturated rings. The molecule has 2 N–H and O–H groups in total. The maximum atomic E-state index is 12.0. The summed E-state index contributed by atoms with van der Waals surface area (Å²) in [5.41, 5.74) is 0. The monoisotopic (exact) mass is 305 g/mol. The summed E-state index contributed by atoms with van der Waals surface area (Å²) in [6.07, 6.45) is 5.09. The van der Waals surface area contributed by atoms with E-state index < -0.39 is 28.0 Å². The molecule has 104 valence electrons. The number of rotatable bonds is 4. The van der Waals surface area contributed by atoms with E-state index >= 15 is 0 Å². The summed E-state index contributed by atoms with van der Waals surface area (Å²) in [6.45, 7) is 0. The molecule has 1 aliphatic carbocycles. The van der Waals surface area contributed by atoms with E-state index in [-0.39, 0.29) is 16.5 Å². The first kappa shape index (κ1) is 14.1. The Kier molecular flexibility index (Phi) is 3.98. The van der Waals surface area contributed by atoms with Crippen LogP contribution in [0.25, 0.3) is 0 Å². The van der Waals surface area contributed by atoms with Crippen molar-refractivity contribution in [3.8, 4) is 0 Å². The first-order valence-corrected chi connectivity index (χ1v) is 7.41. The molecule has 1 aliphatic rings. The Morgan fingerprint density at radius 1 is 1.53 bits per heavy atom. The van der Waals surface area contributed by atoms with Gasteiger partial charge in [0.1, 0.15) is 4.90 Å². The molecular formula is C11H12ClNO5S. The molecule has 2 atom stereocenters. The second-order valence-corrected chi connectivity index (χ2v) is 6.25. The highest BCUT2D eigenvalue weighted by Gasteiger charge is 2.28. The number of hydrogen-bond acceptors (Lipinski definition) is 4. The zero-order valence-electron chi connectivity index (χ0n) is 9.74. The maximum Gasteiger partial charge on any atom is 0.306 e. The predicted octanol–water partition coefficient (Wildman–Crippen LogP) is 1.63. The largest absolute Gasteiger partial charge is 0.481 e. The third kappa shape index (κ3) is 3.17. The van der Waals surface area contributed by atoms with Gasteiger partial charge in [-0.15, -0.1) is 0 Å². The molecule has 1 aromatic heterocycles. The van der Waals surface area contributed by atoms with Gasteiger partial charge in [0.15, 0.2) is 0 Å². The van der Waals surface area contributed by atoms with Crippen LogP contribution in [0.5, 0.6) is 0 Å². The van der Waals surface area contributed by atoms with Crippen molar-refractivity contribution in [3.05, 3.63) is 29.7 Å². The minimum absolute atomic E-state index is 0.153. The van der Waals surface area contributed by atoms with Crippen molar-refractivity contribution in [1.82, 2.24) is 4.72 Å². The molecule has 2 rings (SSSR count). The molecule has 0 bridgehead atoms. The second kappa shape index (κ2) is 5.36. The third-order valence-corrected chi connectivity index (χ3v) is 4.78. The minimum atomic E-state index is -3.82. The number of nitrogens with one attached hydrogen (secondary N) is 1. The van der Waals surface area contributed by atoms with Crippen LogP contribution < -0.4 is 4.72 Å². The highest BCUT2D eigenvalue weighted by molar-refractivity contribution is 7.89. The minimum Gasteiger partial charge on any atom is -0.481 e. The zero-order chi connectivity index (χ0) is 14.0. The quantitative estimate of drug-likeness (QED) is 0.824. The fourth-order valence-corrected chi connectivity index (χ4v) is 3.53. The van der Waals surface area contributed by atoms with E-state index in [1.807, 2.05) is 0 Å². The van der Waals surface area contributed by atoms with Gasteiger partial charge < -0.3 is 9.52 Å². The van der Waals surface area contributed by atoms with Gasteiger partial charge >= 0.3 is 5.97 Å². The molecule has 0 spiro atoms. The van der Waals surface area contributed by atoms with Crippen LogP contribution in [0.3, 0.4) is 0 Å². The van der Waals surface area contributed by atoms with Crippen LogP contribution in [0.2, 0.25) is 5.22 Å². The fourth-order valence-electron chi connectivity index (χ4n) is 1.91. The van der Waals surface area contributed by atoms with Crippen molar-refractivity contribution in [1.29, 1.82) is 0 Å². The van der Waals surface area contributed by atoms with Gasteiger partial charge in [-0.25, -0.2) is 13.1 Å². The van der Waals surface area contributed by atoms with Gasteiger partial charge in [-0.1, -0.05) is 12.2 Å². The molecule has 0 saturated heterocycles. The first-order valence-electron chi connectivity index (χ1n) is 5.55. The molecule has 0 radical (unpaired) electrons. The lowest BCUT2D eigenvalue weighted by Crippen LogP contribution is -2.37. The van der Waals surface area contributed by atoms with E-state index in [2.05, 4.69) is 4.72 Å². The van der Waals surface area contributed by atoms with Gasteiger partial charge in [-0.3, -0.25) is 4.79 Å². The van der Waals surface area contributed by atoms with Crippen LogP contribution in [-0.2, 0) is 14.8 Å². The highest BCUT2D eigenvalue weighted by atomic mass is 35.5. The molecule has 6 nitrogen and oxygen atoms in total. The van der Waals surface area contributed by atoms with Crippen LogP contribution in [-0.4, -0.2) is 25.5 Å². The van der Waals surface area contributed by atoms with E-state index in [0.29, 0.717) is 6.42 Å². The summed E-state index contributed by atoms with van der Waals surface area (Å²) >= 11 is 5.62. The van der Waals surface area contributed by atoms with Gasteiger partial charge in [0.05, 0.1) is 12.2 Å². The lowest BCUT2D eigenvalue weighted by molar-refractivity contribution is -0.142. The summed E-state index contributed by atoms with van der Waals surface area (Å²) in [6, 6.07) is 0.678. The number of hydrogen-bond donors (Lipinski definition) is 2. The lowest BCUT2D eigenvalue weighted by atomic mass is 9.92. The number of furan rings is 1. The van der Waals surface area contributed by atoms with E-state index in [4.69, 9.17) is 21.1 Å². The van der Waals surface area contributed by atoms with E-state index in [1.54, 1.807) is 12.2 Å². The summed E-state index contributed by atoms with van der Waals surface area (Å²) in [5, 5.41) is 8.71. The highest BCUT2D eigenvalue weighted by Crippen LogP contribution is 2.24. The van der Waals surface area contributed by atoms with Gasteiger partial charge in [0.25, 0.3) is 0 Å². The van der Waals surface area contributed by atoms with Crippen LogP contribution >= 0.6 is 11.6 Å². The van der Waals surface area contributed by atoms with Crippen LogP contribution in [0.1, 0.15) is 12.8 Å². The summed E-state index contributed by atoms with van der Waals surface area (Å²) in [5.74, 6) is -1.52. The molecule has 1 aromatic rings. The molecule has 19 heavy (non-hydrogen) atoms. The molecule has 0 saturated carbocycles. The van der Waals surface area contributed by atoms with E-state index in [1.165, 1.54) is 12.3 Å². The number of carboxylic acid groups (broad SMARTS) is 1. The molecule has 8 heteroatoms. The molecule has 1 heterocycles. The van der Waals surface area contributed by atoms with Gasteiger partial charge in [0.2, 0.25) is 15.2 Å². The fraction of sp³-hybridized carbons (Fsp3) is 0.364. The van der Waals surface area contributed by atoms with E-state index in [9.17, 15) is 13.2 Å². The number of sulfonamides is 1. The Labute approximate surface area is 115 Å². The topological polar surface area (TPSA) is 96.6 Å². The molecule has 0 unspecified atom stereocenters. The van der Waals surface area contributed by atoms with Crippen molar-refractivity contribution >= 4 is 27.6 Å². The van der Waals surface area contributed by atoms with Crippen molar-refractivity contribution < 1.29 is 22.7 Å². The number of aliphatic carboxylic acids is 1. The van der Waals surface area contributed by atoms with Crippen molar-refractivity contribution in [2.45, 2.75) is 23.8 Å². The Hall–Kier alpha value is -1.31.